The van der Waals surface area contributed by atoms with E-state index in [9.17, 15) is 4.79 Å². The van der Waals surface area contributed by atoms with Gasteiger partial charge in [0.05, 0.1) is 0 Å². The molecule has 0 aromatic heterocycles. The molecule has 0 bridgehead atoms. The van der Waals surface area contributed by atoms with Crippen LogP contribution < -0.4 is 5.32 Å². The summed E-state index contributed by atoms with van der Waals surface area (Å²) in [4.78, 5) is 10.9. The van der Waals surface area contributed by atoms with E-state index in [1.165, 1.54) is 12.8 Å². The van der Waals surface area contributed by atoms with Gasteiger partial charge in [-0.25, -0.2) is 0 Å². The molecule has 1 heterocycles. The first-order chi connectivity index (χ1) is 4.38. The molecule has 2 atom stereocenters. The van der Waals surface area contributed by atoms with Gasteiger partial charge in [0.1, 0.15) is 0 Å². The minimum atomic E-state index is 0.303. The van der Waals surface area contributed by atoms with E-state index in [1.54, 1.807) is 0 Å². The van der Waals surface area contributed by atoms with Crippen molar-refractivity contribution in [2.24, 2.45) is 11.8 Å². The zero-order chi connectivity index (χ0) is 6.27. The molecule has 2 fully saturated rings. The molecule has 1 amide bonds. The smallest absolute Gasteiger partial charge is 0.223 e. The van der Waals surface area contributed by atoms with E-state index in [0.717, 1.165) is 18.9 Å². The molecule has 1 saturated heterocycles. The molecule has 0 radical (unpaired) electrons. The van der Waals surface area contributed by atoms with E-state index >= 15 is 0 Å². The number of amides is 1. The Hall–Kier alpha value is -0.530. The number of fused-ring (bicyclic) bond motifs is 1. The molecule has 9 heavy (non-hydrogen) atoms. The second-order valence-electron chi connectivity index (χ2n) is 3.04. The lowest BCUT2D eigenvalue weighted by atomic mass is 10.2. The largest absolute Gasteiger partial charge is 0.356 e. The summed E-state index contributed by atoms with van der Waals surface area (Å²) in [5.74, 6) is 1.47. The average Bonchev–Trinajstić information content (AvgIpc) is 2.55. The van der Waals surface area contributed by atoms with Crippen LogP contribution in [0.1, 0.15) is 19.3 Å². The summed E-state index contributed by atoms with van der Waals surface area (Å²) in [7, 11) is 0. The molecule has 2 unspecified atom stereocenters. The molecule has 0 aromatic rings. The fourth-order valence-corrected chi connectivity index (χ4v) is 1.59. The van der Waals surface area contributed by atoms with Crippen molar-refractivity contribution >= 4 is 5.91 Å². The number of hydrogen-bond acceptors (Lipinski definition) is 1. The van der Waals surface area contributed by atoms with Crippen molar-refractivity contribution < 1.29 is 4.79 Å². The molecule has 1 aliphatic heterocycles. The van der Waals surface area contributed by atoms with Crippen LogP contribution in [0, 0.1) is 11.8 Å². The first-order valence-corrected chi connectivity index (χ1v) is 3.65. The Balaban J connectivity index is 2.03. The Morgan fingerprint density at radius 1 is 1.56 bits per heavy atom. The van der Waals surface area contributed by atoms with Crippen molar-refractivity contribution in [2.75, 3.05) is 6.54 Å². The van der Waals surface area contributed by atoms with E-state index in [4.69, 9.17) is 0 Å². The molecular weight excluding hydrogens is 114 g/mol. The Morgan fingerprint density at radius 3 is 3.33 bits per heavy atom. The van der Waals surface area contributed by atoms with Crippen molar-refractivity contribution in [3.63, 3.8) is 0 Å². The van der Waals surface area contributed by atoms with E-state index in [2.05, 4.69) is 5.32 Å². The van der Waals surface area contributed by atoms with E-state index < -0.39 is 0 Å². The van der Waals surface area contributed by atoms with Gasteiger partial charge in [0, 0.05) is 12.5 Å². The Kier molecular flexibility index (Phi) is 1.01. The van der Waals surface area contributed by atoms with E-state index in [0.29, 0.717) is 11.8 Å². The van der Waals surface area contributed by atoms with Crippen molar-refractivity contribution in [1.29, 1.82) is 0 Å². The van der Waals surface area contributed by atoms with Gasteiger partial charge in [0.25, 0.3) is 0 Å². The monoisotopic (exact) mass is 125 g/mol. The highest BCUT2D eigenvalue weighted by atomic mass is 16.2. The lowest BCUT2D eigenvalue weighted by Gasteiger charge is -1.96. The second-order valence-corrected chi connectivity index (χ2v) is 3.04. The number of carbonyl (C=O) groups is 1. The maximum Gasteiger partial charge on any atom is 0.223 e. The maximum atomic E-state index is 10.9. The minimum absolute atomic E-state index is 0.303. The molecule has 2 rings (SSSR count). The highest BCUT2D eigenvalue weighted by Gasteiger charge is 2.43. The summed E-state index contributed by atoms with van der Waals surface area (Å²) < 4.78 is 0. The number of nitrogens with one attached hydrogen (secondary N) is 1. The maximum absolute atomic E-state index is 10.9. The van der Waals surface area contributed by atoms with Gasteiger partial charge >= 0.3 is 0 Å². The summed E-state index contributed by atoms with van der Waals surface area (Å²) >= 11 is 0. The SMILES string of the molecule is O=C1NCCCC2CC12. The van der Waals surface area contributed by atoms with Crippen LogP contribution in [0.3, 0.4) is 0 Å². The van der Waals surface area contributed by atoms with Gasteiger partial charge in [-0.1, -0.05) is 0 Å². The molecule has 1 saturated carbocycles. The molecule has 1 N–H and O–H groups in total. The molecule has 0 spiro atoms. The molecule has 50 valence electrons. The normalized spacial score (nSPS) is 40.7. The zero-order valence-corrected chi connectivity index (χ0v) is 5.39. The third kappa shape index (κ3) is 0.824. The van der Waals surface area contributed by atoms with Crippen molar-refractivity contribution in [3.8, 4) is 0 Å². The highest BCUT2D eigenvalue weighted by molar-refractivity contribution is 5.81. The Bertz CT molecular complexity index is 144. The standard InChI is InChI=1S/C7H11NO/c9-7-6-4-5(6)2-1-3-8-7/h5-6H,1-4H2,(H,8,9). The molecule has 2 nitrogen and oxygen atoms in total. The minimum Gasteiger partial charge on any atom is -0.356 e. The topological polar surface area (TPSA) is 29.1 Å². The molecular formula is C7H11NO. The quantitative estimate of drug-likeness (QED) is 0.502. The molecule has 1 aliphatic carbocycles. The third-order valence-corrected chi connectivity index (χ3v) is 2.31. The van der Waals surface area contributed by atoms with Crippen LogP contribution in [0.2, 0.25) is 0 Å². The predicted octanol–water partition coefficient (Wildman–Crippen LogP) is 0.532. The number of carbonyl (C=O) groups excluding carboxylic acids is 1. The molecule has 0 aromatic carbocycles. The zero-order valence-electron chi connectivity index (χ0n) is 5.39. The van der Waals surface area contributed by atoms with Gasteiger partial charge in [-0.2, -0.15) is 0 Å². The van der Waals surface area contributed by atoms with Crippen LogP contribution in [0.4, 0.5) is 0 Å². The lowest BCUT2D eigenvalue weighted by molar-refractivity contribution is -0.122. The van der Waals surface area contributed by atoms with Crippen molar-refractivity contribution in [3.05, 3.63) is 0 Å². The first kappa shape index (κ1) is 5.27. The van der Waals surface area contributed by atoms with Gasteiger partial charge in [-0.05, 0) is 25.2 Å². The van der Waals surface area contributed by atoms with Gasteiger partial charge in [0.15, 0.2) is 0 Å². The van der Waals surface area contributed by atoms with Gasteiger partial charge in [-0.15, -0.1) is 0 Å². The van der Waals surface area contributed by atoms with Gasteiger partial charge in [-0.3, -0.25) is 4.79 Å². The summed E-state index contributed by atoms with van der Waals surface area (Å²) in [6.07, 6.45) is 3.61. The van der Waals surface area contributed by atoms with Gasteiger partial charge < -0.3 is 5.32 Å². The first-order valence-electron chi connectivity index (χ1n) is 3.65. The highest BCUT2D eigenvalue weighted by Crippen LogP contribution is 2.43. The van der Waals surface area contributed by atoms with Crippen LogP contribution >= 0.6 is 0 Å². The number of rotatable bonds is 0. The molecule has 2 aliphatic rings. The Morgan fingerprint density at radius 2 is 2.44 bits per heavy atom. The lowest BCUT2D eigenvalue weighted by Crippen LogP contribution is -2.24. The van der Waals surface area contributed by atoms with Crippen LogP contribution in [0.5, 0.6) is 0 Å². The van der Waals surface area contributed by atoms with E-state index in [1.807, 2.05) is 0 Å². The van der Waals surface area contributed by atoms with Gasteiger partial charge in [0.2, 0.25) is 5.91 Å². The average molecular weight is 125 g/mol. The van der Waals surface area contributed by atoms with Crippen molar-refractivity contribution in [1.82, 2.24) is 5.32 Å². The van der Waals surface area contributed by atoms with Crippen LogP contribution in [-0.4, -0.2) is 12.5 Å². The predicted molar refractivity (Wildman–Crippen MR) is 33.8 cm³/mol. The van der Waals surface area contributed by atoms with Crippen LogP contribution in [0.15, 0.2) is 0 Å². The number of hydrogen-bond donors (Lipinski definition) is 1. The van der Waals surface area contributed by atoms with Crippen LogP contribution in [-0.2, 0) is 4.79 Å². The summed E-state index contributed by atoms with van der Waals surface area (Å²) in [5.41, 5.74) is 0. The van der Waals surface area contributed by atoms with Crippen LogP contribution in [0.25, 0.3) is 0 Å². The summed E-state index contributed by atoms with van der Waals surface area (Å²) in [6, 6.07) is 0. The fraction of sp³-hybridized carbons (Fsp3) is 0.857. The van der Waals surface area contributed by atoms with Crippen molar-refractivity contribution in [2.45, 2.75) is 19.3 Å². The summed E-state index contributed by atoms with van der Waals surface area (Å²) in [6.45, 7) is 0.909. The molecule has 2 heteroatoms. The Labute approximate surface area is 54.6 Å². The fourth-order valence-electron chi connectivity index (χ4n) is 1.59. The second kappa shape index (κ2) is 1.72. The summed E-state index contributed by atoms with van der Waals surface area (Å²) in [5, 5.41) is 2.90. The third-order valence-electron chi connectivity index (χ3n) is 2.31. The van der Waals surface area contributed by atoms with E-state index in [-0.39, 0.29) is 0 Å².